The first-order valence-electron chi connectivity index (χ1n) is 9.57. The van der Waals surface area contributed by atoms with Crippen molar-refractivity contribution in [3.63, 3.8) is 0 Å². The zero-order valence-corrected chi connectivity index (χ0v) is 17.7. The summed E-state index contributed by atoms with van der Waals surface area (Å²) in [6.07, 6.45) is 8.57. The van der Waals surface area contributed by atoms with Crippen LogP contribution in [-0.4, -0.2) is 20.7 Å². The van der Waals surface area contributed by atoms with Crippen molar-refractivity contribution < 1.29 is 0 Å². The average molecular weight is 429 g/mol. The van der Waals surface area contributed by atoms with Gasteiger partial charge in [0.2, 0.25) is 0 Å². The Morgan fingerprint density at radius 2 is 2.00 bits per heavy atom. The summed E-state index contributed by atoms with van der Waals surface area (Å²) >= 11 is 5.91. The molecule has 7 heteroatoms. The van der Waals surface area contributed by atoms with Gasteiger partial charge in [0, 0.05) is 54.7 Å². The summed E-state index contributed by atoms with van der Waals surface area (Å²) in [5.74, 6) is 0. The second-order valence-electron chi connectivity index (χ2n) is 7.40. The first-order chi connectivity index (χ1) is 13.6. The lowest BCUT2D eigenvalue weighted by atomic mass is 9.94. The maximum atomic E-state index is 12.8. The molecule has 0 bridgehead atoms. The highest BCUT2D eigenvalue weighted by Crippen LogP contribution is 2.33. The van der Waals surface area contributed by atoms with E-state index in [9.17, 15) is 4.79 Å². The predicted molar refractivity (Wildman–Crippen MR) is 120 cm³/mol. The number of nitrogens with zero attached hydrogens (tertiary/aromatic N) is 3. The summed E-state index contributed by atoms with van der Waals surface area (Å²) in [7, 11) is 2.13. The lowest BCUT2D eigenvalue weighted by molar-refractivity contribution is 0.608. The SMILES string of the molecule is Cl.Cn1c2c(c3c1CNCC3)CCC(n1ccc(-c3ccc(Cl)cn3)cc1=O)=C2. The van der Waals surface area contributed by atoms with Crippen LogP contribution < -0.4 is 10.9 Å². The summed E-state index contributed by atoms with van der Waals surface area (Å²) in [6, 6.07) is 7.20. The fourth-order valence-corrected chi connectivity index (χ4v) is 4.49. The molecule has 0 saturated carbocycles. The molecule has 0 radical (unpaired) electrons. The molecule has 0 fully saturated rings. The summed E-state index contributed by atoms with van der Waals surface area (Å²) in [5, 5.41) is 4.04. The third kappa shape index (κ3) is 3.44. The van der Waals surface area contributed by atoms with Gasteiger partial charge in [-0.05, 0) is 61.2 Å². The van der Waals surface area contributed by atoms with Gasteiger partial charge in [-0.15, -0.1) is 12.4 Å². The zero-order valence-electron chi connectivity index (χ0n) is 16.1. The third-order valence-corrected chi connectivity index (χ3v) is 6.04. The van der Waals surface area contributed by atoms with Crippen LogP contribution in [0.4, 0.5) is 0 Å². The summed E-state index contributed by atoms with van der Waals surface area (Å²) in [4.78, 5) is 17.1. The van der Waals surface area contributed by atoms with Crippen LogP contribution in [0.2, 0.25) is 5.02 Å². The van der Waals surface area contributed by atoms with Crippen LogP contribution in [0, 0.1) is 0 Å². The van der Waals surface area contributed by atoms with Gasteiger partial charge in [0.15, 0.2) is 0 Å². The number of aromatic nitrogens is 3. The molecule has 0 spiro atoms. The second kappa shape index (κ2) is 7.82. The van der Waals surface area contributed by atoms with Crippen molar-refractivity contribution in [1.82, 2.24) is 19.4 Å². The van der Waals surface area contributed by atoms with Gasteiger partial charge in [-0.25, -0.2) is 0 Å². The number of nitrogens with one attached hydrogen (secondary N) is 1. The molecule has 1 aliphatic carbocycles. The highest BCUT2D eigenvalue weighted by molar-refractivity contribution is 6.30. The van der Waals surface area contributed by atoms with E-state index in [1.54, 1.807) is 22.9 Å². The van der Waals surface area contributed by atoms with Gasteiger partial charge < -0.3 is 9.88 Å². The van der Waals surface area contributed by atoms with Crippen molar-refractivity contribution in [2.24, 2.45) is 7.05 Å². The standard InChI is InChI=1S/C22H21ClN4O.ClH/c1-26-20-11-16(3-4-17(20)18-6-8-24-13-21(18)26)27-9-7-14(10-22(27)28)19-5-2-15(23)12-25-19;/h2,5,7,9-12,24H,3-4,6,8,13H2,1H3;1H. The Labute approximate surface area is 180 Å². The van der Waals surface area contributed by atoms with Crippen molar-refractivity contribution in [3.8, 4) is 11.3 Å². The Morgan fingerprint density at radius 1 is 1.14 bits per heavy atom. The molecule has 5 rings (SSSR count). The number of halogens is 2. The van der Waals surface area contributed by atoms with Crippen LogP contribution in [0.1, 0.15) is 28.9 Å². The lowest BCUT2D eigenvalue weighted by Crippen LogP contribution is -2.25. The fraction of sp³-hybridized carbons (Fsp3) is 0.273. The monoisotopic (exact) mass is 428 g/mol. The van der Waals surface area contributed by atoms with E-state index in [1.807, 2.05) is 18.3 Å². The maximum absolute atomic E-state index is 12.8. The molecule has 1 N–H and O–H groups in total. The van der Waals surface area contributed by atoms with Crippen LogP contribution in [0.3, 0.4) is 0 Å². The highest BCUT2D eigenvalue weighted by Gasteiger charge is 2.25. The van der Waals surface area contributed by atoms with Gasteiger partial charge in [-0.1, -0.05) is 11.6 Å². The maximum Gasteiger partial charge on any atom is 0.255 e. The molecule has 0 atom stereocenters. The van der Waals surface area contributed by atoms with E-state index in [-0.39, 0.29) is 18.0 Å². The molecule has 1 aliphatic heterocycles. The van der Waals surface area contributed by atoms with Crippen molar-refractivity contribution in [2.75, 3.05) is 6.54 Å². The number of rotatable bonds is 2. The topological polar surface area (TPSA) is 51.9 Å². The molecule has 0 amide bonds. The number of allylic oxidation sites excluding steroid dienone is 1. The van der Waals surface area contributed by atoms with E-state index in [0.29, 0.717) is 5.02 Å². The Kier molecular flexibility index (Phi) is 5.38. The van der Waals surface area contributed by atoms with Crippen molar-refractivity contribution in [1.29, 1.82) is 0 Å². The third-order valence-electron chi connectivity index (χ3n) is 5.82. The summed E-state index contributed by atoms with van der Waals surface area (Å²) in [5.41, 5.74) is 8.13. The van der Waals surface area contributed by atoms with Crippen LogP contribution >= 0.6 is 24.0 Å². The number of pyridine rings is 2. The molecule has 0 unspecified atom stereocenters. The number of hydrogen-bond donors (Lipinski definition) is 1. The molecule has 150 valence electrons. The first-order valence-corrected chi connectivity index (χ1v) is 9.95. The molecular formula is C22H22Cl2N4O. The van der Waals surface area contributed by atoms with E-state index < -0.39 is 0 Å². The van der Waals surface area contributed by atoms with E-state index in [2.05, 4.69) is 28.0 Å². The van der Waals surface area contributed by atoms with Crippen LogP contribution in [0.15, 0.2) is 41.5 Å². The van der Waals surface area contributed by atoms with Gasteiger partial charge >= 0.3 is 0 Å². The lowest BCUT2D eigenvalue weighted by Gasteiger charge is -2.18. The Bertz CT molecular complexity index is 1160. The minimum Gasteiger partial charge on any atom is -0.346 e. The molecule has 3 aromatic heterocycles. The van der Waals surface area contributed by atoms with E-state index in [4.69, 9.17) is 11.6 Å². The second-order valence-corrected chi connectivity index (χ2v) is 7.83. The largest absolute Gasteiger partial charge is 0.346 e. The molecule has 4 heterocycles. The van der Waals surface area contributed by atoms with Gasteiger partial charge in [-0.2, -0.15) is 0 Å². The fourth-order valence-electron chi connectivity index (χ4n) is 4.38. The minimum atomic E-state index is -0.0374. The van der Waals surface area contributed by atoms with E-state index in [0.717, 1.165) is 49.3 Å². The van der Waals surface area contributed by atoms with Gasteiger partial charge in [0.05, 0.1) is 10.7 Å². The van der Waals surface area contributed by atoms with Crippen molar-refractivity contribution >= 4 is 35.8 Å². The van der Waals surface area contributed by atoms with Gasteiger partial charge in [0.25, 0.3) is 5.56 Å². The molecule has 2 aliphatic rings. The number of fused-ring (bicyclic) bond motifs is 3. The molecule has 0 aromatic carbocycles. The quantitative estimate of drug-likeness (QED) is 0.672. The Hall–Kier alpha value is -2.34. The Morgan fingerprint density at radius 3 is 2.76 bits per heavy atom. The molecule has 0 saturated heterocycles. The summed E-state index contributed by atoms with van der Waals surface area (Å²) < 4.78 is 4.04. The zero-order chi connectivity index (χ0) is 19.3. The Balaban J connectivity index is 0.00000205. The first kappa shape index (κ1) is 20.0. The highest BCUT2D eigenvalue weighted by atomic mass is 35.5. The van der Waals surface area contributed by atoms with Crippen LogP contribution in [0.25, 0.3) is 23.0 Å². The number of hydrogen-bond acceptors (Lipinski definition) is 3. The molecular weight excluding hydrogens is 407 g/mol. The van der Waals surface area contributed by atoms with Crippen molar-refractivity contribution in [3.05, 3.63) is 74.6 Å². The van der Waals surface area contributed by atoms with Crippen molar-refractivity contribution in [2.45, 2.75) is 25.8 Å². The average Bonchev–Trinajstić information content (AvgIpc) is 3.01. The van der Waals surface area contributed by atoms with E-state index >= 15 is 0 Å². The molecule has 29 heavy (non-hydrogen) atoms. The predicted octanol–water partition coefficient (Wildman–Crippen LogP) is 3.91. The smallest absolute Gasteiger partial charge is 0.255 e. The van der Waals surface area contributed by atoms with Crippen LogP contribution in [-0.2, 0) is 26.4 Å². The molecule has 3 aromatic rings. The molecule has 5 nitrogen and oxygen atoms in total. The van der Waals surface area contributed by atoms with E-state index in [1.165, 1.54) is 22.5 Å². The van der Waals surface area contributed by atoms with Gasteiger partial charge in [-0.3, -0.25) is 14.3 Å². The minimum absolute atomic E-state index is 0. The normalized spacial score (nSPS) is 15.2. The van der Waals surface area contributed by atoms with Crippen LogP contribution in [0.5, 0.6) is 0 Å². The van der Waals surface area contributed by atoms with Gasteiger partial charge in [0.1, 0.15) is 0 Å². The summed E-state index contributed by atoms with van der Waals surface area (Å²) in [6.45, 7) is 1.96.